The summed E-state index contributed by atoms with van der Waals surface area (Å²) in [7, 11) is -1.71. The van der Waals surface area contributed by atoms with Crippen molar-refractivity contribution in [3.63, 3.8) is 0 Å². The number of fused-ring (bicyclic) bond motifs is 1. The van der Waals surface area contributed by atoms with E-state index in [9.17, 15) is 5.11 Å². The number of aliphatic hydroxyl groups is 1. The molecule has 0 aromatic carbocycles. The monoisotopic (exact) mass is 340 g/mol. The van der Waals surface area contributed by atoms with E-state index in [-0.39, 0.29) is 11.1 Å². The second kappa shape index (κ2) is 6.46. The van der Waals surface area contributed by atoms with Crippen LogP contribution in [0.5, 0.6) is 0 Å². The summed E-state index contributed by atoms with van der Waals surface area (Å²) in [5, 5.41) is 10.4. The van der Waals surface area contributed by atoms with E-state index in [0.717, 1.165) is 0 Å². The quantitative estimate of drug-likeness (QED) is 0.674. The highest BCUT2D eigenvalue weighted by Gasteiger charge is 2.54. The van der Waals surface area contributed by atoms with Gasteiger partial charge in [-0.2, -0.15) is 0 Å². The molecule has 0 aromatic heterocycles. The van der Waals surface area contributed by atoms with E-state index >= 15 is 0 Å². The van der Waals surface area contributed by atoms with E-state index in [2.05, 4.69) is 47.7 Å². The molecule has 23 heavy (non-hydrogen) atoms. The summed E-state index contributed by atoms with van der Waals surface area (Å²) >= 11 is 0. The Morgan fingerprint density at radius 3 is 2.26 bits per heavy atom. The third-order valence-corrected chi connectivity index (χ3v) is 12.3. The first-order valence-corrected chi connectivity index (χ1v) is 12.7. The summed E-state index contributed by atoms with van der Waals surface area (Å²) in [4.78, 5) is 0. The van der Waals surface area contributed by atoms with E-state index in [1.807, 2.05) is 6.92 Å². The molecule has 0 amide bonds. The van der Waals surface area contributed by atoms with Crippen molar-refractivity contribution in [2.75, 3.05) is 0 Å². The Bertz CT molecular complexity index is 412. The number of aliphatic hydroxyl groups excluding tert-OH is 1. The molecule has 6 atom stereocenters. The predicted molar refractivity (Wildman–Crippen MR) is 101 cm³/mol. The van der Waals surface area contributed by atoms with Crippen LogP contribution in [-0.4, -0.2) is 25.6 Å². The lowest BCUT2D eigenvalue weighted by Gasteiger charge is -2.50. The highest BCUT2D eigenvalue weighted by Crippen LogP contribution is 2.59. The van der Waals surface area contributed by atoms with E-state index < -0.39 is 8.32 Å². The zero-order valence-corrected chi connectivity index (χ0v) is 17.8. The van der Waals surface area contributed by atoms with Crippen molar-refractivity contribution in [2.45, 2.75) is 104 Å². The van der Waals surface area contributed by atoms with Crippen LogP contribution >= 0.6 is 0 Å². The van der Waals surface area contributed by atoms with Crippen molar-refractivity contribution < 1.29 is 9.53 Å². The highest BCUT2D eigenvalue weighted by molar-refractivity contribution is 6.74. The number of rotatable bonds is 4. The summed E-state index contributed by atoms with van der Waals surface area (Å²) < 4.78 is 6.89. The Morgan fingerprint density at radius 2 is 1.74 bits per heavy atom. The summed E-state index contributed by atoms with van der Waals surface area (Å²) in [5.41, 5.74) is 0.363. The molecule has 0 bridgehead atoms. The zero-order valence-electron chi connectivity index (χ0n) is 16.8. The van der Waals surface area contributed by atoms with Crippen molar-refractivity contribution in [3.05, 3.63) is 0 Å². The van der Waals surface area contributed by atoms with Gasteiger partial charge in [0.1, 0.15) is 0 Å². The van der Waals surface area contributed by atoms with Gasteiger partial charge in [-0.25, -0.2) is 0 Å². The van der Waals surface area contributed by atoms with Crippen LogP contribution in [0.4, 0.5) is 0 Å². The summed E-state index contributed by atoms with van der Waals surface area (Å²) in [6.45, 7) is 18.5. The van der Waals surface area contributed by atoms with Crippen LogP contribution in [0.3, 0.4) is 0 Å². The van der Waals surface area contributed by atoms with Crippen LogP contribution in [0, 0.1) is 23.2 Å². The first kappa shape index (κ1) is 19.5. The maximum atomic E-state index is 10.1. The van der Waals surface area contributed by atoms with Crippen LogP contribution < -0.4 is 0 Å². The average Bonchev–Trinajstić information content (AvgIpc) is 2.74. The fourth-order valence-electron chi connectivity index (χ4n) is 5.06. The highest BCUT2D eigenvalue weighted by atomic mass is 28.4. The Kier molecular flexibility index (Phi) is 5.46. The molecule has 0 aliphatic heterocycles. The maximum Gasteiger partial charge on any atom is 0.192 e. The Morgan fingerprint density at radius 1 is 1.13 bits per heavy atom. The molecule has 2 rings (SSSR count). The Labute approximate surface area is 145 Å². The fourth-order valence-corrected chi connectivity index (χ4v) is 6.45. The molecule has 1 N–H and O–H groups in total. The Balaban J connectivity index is 2.18. The molecular formula is C20H40O2Si. The lowest BCUT2D eigenvalue weighted by atomic mass is 9.61. The lowest BCUT2D eigenvalue weighted by Crippen LogP contribution is -2.50. The second-order valence-corrected chi connectivity index (χ2v) is 15.0. The molecule has 2 saturated carbocycles. The van der Waals surface area contributed by atoms with Crippen molar-refractivity contribution in [1.82, 2.24) is 0 Å². The topological polar surface area (TPSA) is 29.5 Å². The normalized spacial score (nSPS) is 38.2. The predicted octanol–water partition coefficient (Wildman–Crippen LogP) is 5.61. The van der Waals surface area contributed by atoms with Crippen LogP contribution in [0.2, 0.25) is 18.1 Å². The van der Waals surface area contributed by atoms with Gasteiger partial charge in [0.2, 0.25) is 0 Å². The Hall–Kier alpha value is 0.137. The molecular weight excluding hydrogens is 300 g/mol. The van der Waals surface area contributed by atoms with Crippen molar-refractivity contribution >= 4 is 8.32 Å². The molecule has 2 aliphatic carbocycles. The zero-order chi connectivity index (χ0) is 17.6. The fraction of sp³-hybridized carbons (Fsp3) is 1.00. The van der Waals surface area contributed by atoms with Crippen molar-refractivity contribution in [1.29, 1.82) is 0 Å². The molecule has 0 spiro atoms. The lowest BCUT2D eigenvalue weighted by molar-refractivity contribution is -0.0363. The van der Waals surface area contributed by atoms with E-state index in [0.29, 0.717) is 29.3 Å². The molecule has 0 heterocycles. The minimum Gasteiger partial charge on any atom is -0.414 e. The standard InChI is InChI=1S/C20H40O2Si/c1-14(15(2)21)16-11-12-17-18(10-9-13-20(16,17)6)22-23(7,8)19(3,4)5/h14-18,21H,9-13H2,1-8H3/t14-,15?,16?,17?,18-,20+/m0/s1. The van der Waals surface area contributed by atoms with Crippen molar-refractivity contribution in [2.24, 2.45) is 23.2 Å². The molecule has 2 nitrogen and oxygen atoms in total. The SMILES string of the molecule is CC(O)[C@H](C)C1CCC2[C@@H](O[Si](C)(C)C(C)(C)C)CCC[C@]12C. The van der Waals surface area contributed by atoms with Gasteiger partial charge in [-0.05, 0) is 73.9 Å². The van der Waals surface area contributed by atoms with Gasteiger partial charge in [0.25, 0.3) is 0 Å². The number of hydrogen-bond acceptors (Lipinski definition) is 2. The molecule has 2 aliphatic rings. The molecule has 0 aromatic rings. The smallest absolute Gasteiger partial charge is 0.192 e. The van der Waals surface area contributed by atoms with Gasteiger partial charge in [0, 0.05) is 6.10 Å². The van der Waals surface area contributed by atoms with E-state index in [1.54, 1.807) is 0 Å². The van der Waals surface area contributed by atoms with Crippen molar-refractivity contribution in [3.8, 4) is 0 Å². The molecule has 0 saturated heterocycles. The van der Waals surface area contributed by atoms with E-state index in [4.69, 9.17) is 4.43 Å². The largest absolute Gasteiger partial charge is 0.414 e. The van der Waals surface area contributed by atoms with Gasteiger partial charge in [-0.15, -0.1) is 0 Å². The average molecular weight is 341 g/mol. The second-order valence-electron chi connectivity index (χ2n) is 10.2. The van der Waals surface area contributed by atoms with Crippen LogP contribution in [-0.2, 0) is 4.43 Å². The van der Waals surface area contributed by atoms with E-state index in [1.165, 1.54) is 32.1 Å². The molecule has 2 fully saturated rings. The maximum absolute atomic E-state index is 10.1. The van der Waals surface area contributed by atoms with Gasteiger partial charge in [0.15, 0.2) is 8.32 Å². The van der Waals surface area contributed by atoms with Gasteiger partial charge in [0.05, 0.1) is 6.10 Å². The summed E-state index contributed by atoms with van der Waals surface area (Å²) in [5.74, 6) is 1.74. The molecule has 3 heteroatoms. The van der Waals surface area contributed by atoms with Gasteiger partial charge in [-0.1, -0.05) is 41.0 Å². The van der Waals surface area contributed by atoms with Crippen LogP contribution in [0.25, 0.3) is 0 Å². The minimum atomic E-state index is -1.71. The van der Waals surface area contributed by atoms with Crippen LogP contribution in [0.1, 0.15) is 73.6 Å². The van der Waals surface area contributed by atoms with Gasteiger partial charge in [-0.3, -0.25) is 0 Å². The summed E-state index contributed by atoms with van der Waals surface area (Å²) in [6.07, 6.45) is 6.65. The summed E-state index contributed by atoms with van der Waals surface area (Å²) in [6, 6.07) is 0. The van der Waals surface area contributed by atoms with Gasteiger partial charge < -0.3 is 9.53 Å². The third kappa shape index (κ3) is 3.57. The molecule has 0 radical (unpaired) electrons. The first-order valence-electron chi connectivity index (χ1n) is 9.76. The third-order valence-electron chi connectivity index (χ3n) is 7.78. The number of hydrogen-bond donors (Lipinski definition) is 1. The molecule has 136 valence electrons. The van der Waals surface area contributed by atoms with Gasteiger partial charge >= 0.3 is 0 Å². The first-order chi connectivity index (χ1) is 10.4. The minimum absolute atomic E-state index is 0.197. The molecule has 3 unspecified atom stereocenters. The van der Waals surface area contributed by atoms with Crippen LogP contribution in [0.15, 0.2) is 0 Å².